The molecule has 7 heteroatoms. The summed E-state index contributed by atoms with van der Waals surface area (Å²) in [5, 5.41) is 0. The van der Waals surface area contributed by atoms with E-state index in [1.54, 1.807) is 0 Å². The van der Waals surface area contributed by atoms with Gasteiger partial charge in [0.05, 0.1) is 4.47 Å². The minimum atomic E-state index is -3.27. The molecule has 1 aromatic carbocycles. The first-order valence-electron chi connectivity index (χ1n) is 3.21. The molecule has 0 saturated carbocycles. The van der Waals surface area contributed by atoms with E-state index < -0.39 is 24.0 Å². The van der Waals surface area contributed by atoms with Crippen molar-refractivity contribution in [3.05, 3.63) is 26.6 Å². The van der Waals surface area contributed by atoms with Crippen molar-refractivity contribution in [2.45, 2.75) is 6.61 Å². The third-order valence-corrected chi connectivity index (χ3v) is 3.21. The fraction of sp³-hybridized carbons (Fsp3) is 0.143. The molecule has 0 aliphatic rings. The minimum Gasteiger partial charge on any atom is -0.428 e. The second-order valence-corrected chi connectivity index (χ2v) is 3.82. The van der Waals surface area contributed by atoms with Gasteiger partial charge in [0.15, 0.2) is 17.4 Å². The van der Waals surface area contributed by atoms with Crippen LogP contribution >= 0.6 is 31.9 Å². The topological polar surface area (TPSA) is 9.23 Å². The normalized spacial score (nSPS) is 10.8. The Hall–Kier alpha value is -0.300. The van der Waals surface area contributed by atoms with Crippen molar-refractivity contribution in [3.8, 4) is 5.75 Å². The van der Waals surface area contributed by atoms with Gasteiger partial charge < -0.3 is 4.74 Å². The zero-order valence-electron chi connectivity index (χ0n) is 6.33. The molecule has 0 N–H and O–H groups in total. The fourth-order valence-electron chi connectivity index (χ4n) is 0.747. The van der Waals surface area contributed by atoms with Crippen molar-refractivity contribution in [1.82, 2.24) is 0 Å². The molecule has 0 heterocycles. The van der Waals surface area contributed by atoms with Gasteiger partial charge in [-0.1, -0.05) is 0 Å². The van der Waals surface area contributed by atoms with Crippen LogP contribution in [-0.2, 0) is 0 Å². The maximum atomic E-state index is 13.1. The standard InChI is InChI=1S/C7H2Br2F4O/c8-2-1-3(10)6(14-7(12)13)5(11)4(2)9/h1,7H. The highest BCUT2D eigenvalue weighted by molar-refractivity contribution is 9.13. The molecule has 0 bridgehead atoms. The molecule has 0 spiro atoms. The number of hydrogen-bond donors (Lipinski definition) is 0. The van der Waals surface area contributed by atoms with Crippen LogP contribution in [0.15, 0.2) is 15.0 Å². The smallest absolute Gasteiger partial charge is 0.387 e. The van der Waals surface area contributed by atoms with Gasteiger partial charge in [0.25, 0.3) is 0 Å². The summed E-state index contributed by atoms with van der Waals surface area (Å²) in [5.41, 5.74) is 0. The highest BCUT2D eigenvalue weighted by Gasteiger charge is 2.20. The Bertz CT molecular complexity index is 356. The van der Waals surface area contributed by atoms with Gasteiger partial charge >= 0.3 is 6.61 Å². The molecule has 0 unspecified atom stereocenters. The van der Waals surface area contributed by atoms with Crippen molar-refractivity contribution in [1.29, 1.82) is 0 Å². The van der Waals surface area contributed by atoms with Crippen molar-refractivity contribution in [3.63, 3.8) is 0 Å². The van der Waals surface area contributed by atoms with E-state index in [0.717, 1.165) is 6.07 Å². The largest absolute Gasteiger partial charge is 0.428 e. The van der Waals surface area contributed by atoms with Crippen LogP contribution in [0.4, 0.5) is 17.6 Å². The second-order valence-electron chi connectivity index (χ2n) is 2.18. The number of benzene rings is 1. The van der Waals surface area contributed by atoms with E-state index in [1.807, 2.05) is 0 Å². The SMILES string of the molecule is Fc1cc(Br)c(Br)c(F)c1OC(F)F. The fourth-order valence-corrected chi connectivity index (χ4v) is 1.42. The molecule has 0 aliphatic carbocycles. The third-order valence-electron chi connectivity index (χ3n) is 1.28. The van der Waals surface area contributed by atoms with Gasteiger partial charge in [0, 0.05) is 4.47 Å². The van der Waals surface area contributed by atoms with Crippen LogP contribution in [0.2, 0.25) is 0 Å². The van der Waals surface area contributed by atoms with Crippen LogP contribution in [0.5, 0.6) is 5.75 Å². The van der Waals surface area contributed by atoms with Crippen molar-refractivity contribution < 1.29 is 22.3 Å². The number of halogens is 6. The first kappa shape index (κ1) is 11.8. The van der Waals surface area contributed by atoms with Gasteiger partial charge in [-0.2, -0.15) is 8.78 Å². The Morgan fingerprint density at radius 1 is 1.21 bits per heavy atom. The van der Waals surface area contributed by atoms with Gasteiger partial charge in [-0.05, 0) is 37.9 Å². The molecule has 14 heavy (non-hydrogen) atoms. The van der Waals surface area contributed by atoms with Crippen LogP contribution < -0.4 is 4.74 Å². The quantitative estimate of drug-likeness (QED) is 0.448. The van der Waals surface area contributed by atoms with E-state index in [1.165, 1.54) is 0 Å². The highest BCUT2D eigenvalue weighted by Crippen LogP contribution is 2.35. The Kier molecular flexibility index (Phi) is 3.77. The molecule has 1 rings (SSSR count). The summed E-state index contributed by atoms with van der Waals surface area (Å²) in [4.78, 5) is 0. The average Bonchev–Trinajstić information content (AvgIpc) is 2.09. The summed E-state index contributed by atoms with van der Waals surface area (Å²) in [7, 11) is 0. The molecule has 1 nitrogen and oxygen atoms in total. The molecule has 1 aromatic rings. The van der Waals surface area contributed by atoms with Crippen LogP contribution in [0.1, 0.15) is 0 Å². The number of ether oxygens (including phenoxy) is 1. The molecule has 0 radical (unpaired) electrons. The molecule has 0 amide bonds. The zero-order valence-corrected chi connectivity index (χ0v) is 9.50. The Balaban J connectivity index is 3.22. The lowest BCUT2D eigenvalue weighted by Crippen LogP contribution is -2.06. The van der Waals surface area contributed by atoms with E-state index >= 15 is 0 Å². The monoisotopic (exact) mass is 336 g/mol. The molecule has 0 fully saturated rings. The molecule has 0 aliphatic heterocycles. The van der Waals surface area contributed by atoms with Crippen LogP contribution in [0, 0.1) is 11.6 Å². The minimum absolute atomic E-state index is 0.0779. The lowest BCUT2D eigenvalue weighted by atomic mass is 10.3. The van der Waals surface area contributed by atoms with Crippen molar-refractivity contribution in [2.24, 2.45) is 0 Å². The van der Waals surface area contributed by atoms with E-state index in [0.29, 0.717) is 0 Å². The van der Waals surface area contributed by atoms with Gasteiger partial charge in [0.1, 0.15) is 0 Å². The summed E-state index contributed by atoms with van der Waals surface area (Å²) in [6.07, 6.45) is 0. The zero-order chi connectivity index (χ0) is 10.9. The highest BCUT2D eigenvalue weighted by atomic mass is 79.9. The summed E-state index contributed by atoms with van der Waals surface area (Å²) in [5.74, 6) is -3.51. The third kappa shape index (κ3) is 2.38. The van der Waals surface area contributed by atoms with Crippen LogP contribution in [-0.4, -0.2) is 6.61 Å². The maximum absolute atomic E-state index is 13.1. The van der Waals surface area contributed by atoms with Crippen molar-refractivity contribution >= 4 is 31.9 Å². The van der Waals surface area contributed by atoms with E-state index in [4.69, 9.17) is 0 Å². The first-order chi connectivity index (χ1) is 6.43. The molecule has 0 aromatic heterocycles. The number of rotatable bonds is 2. The van der Waals surface area contributed by atoms with Gasteiger partial charge in [-0.25, -0.2) is 8.78 Å². The molecule has 78 valence electrons. The molecular formula is C7H2Br2F4O. The molecule has 0 saturated heterocycles. The summed E-state index contributed by atoms with van der Waals surface area (Å²) in [6, 6.07) is 0.824. The average molecular weight is 338 g/mol. The Morgan fingerprint density at radius 3 is 2.29 bits per heavy atom. The predicted octanol–water partition coefficient (Wildman–Crippen LogP) is 4.09. The lowest BCUT2D eigenvalue weighted by Gasteiger charge is -2.08. The maximum Gasteiger partial charge on any atom is 0.387 e. The van der Waals surface area contributed by atoms with Gasteiger partial charge in [-0.15, -0.1) is 0 Å². The first-order valence-corrected chi connectivity index (χ1v) is 4.80. The molecular weight excluding hydrogens is 336 g/mol. The number of alkyl halides is 2. The van der Waals surface area contributed by atoms with E-state index in [9.17, 15) is 17.6 Å². The Morgan fingerprint density at radius 2 is 1.79 bits per heavy atom. The van der Waals surface area contributed by atoms with E-state index in [-0.39, 0.29) is 8.95 Å². The van der Waals surface area contributed by atoms with Gasteiger partial charge in [0.2, 0.25) is 0 Å². The predicted molar refractivity (Wildman–Crippen MR) is 48.4 cm³/mol. The van der Waals surface area contributed by atoms with E-state index in [2.05, 4.69) is 36.6 Å². The number of hydrogen-bond acceptors (Lipinski definition) is 1. The summed E-state index contributed by atoms with van der Waals surface area (Å²) >= 11 is 5.57. The second kappa shape index (κ2) is 4.48. The van der Waals surface area contributed by atoms with Crippen LogP contribution in [0.25, 0.3) is 0 Å². The summed E-state index contributed by atoms with van der Waals surface area (Å²) in [6.45, 7) is -3.27. The Labute approximate surface area is 93.3 Å². The molecule has 0 atom stereocenters. The van der Waals surface area contributed by atoms with Crippen LogP contribution in [0.3, 0.4) is 0 Å². The van der Waals surface area contributed by atoms with Gasteiger partial charge in [-0.3, -0.25) is 0 Å². The summed E-state index contributed by atoms with van der Waals surface area (Å²) < 4.78 is 53.1. The van der Waals surface area contributed by atoms with Crippen molar-refractivity contribution in [2.75, 3.05) is 0 Å². The lowest BCUT2D eigenvalue weighted by molar-refractivity contribution is -0.0547.